The minimum atomic E-state index is -0.267. The topological polar surface area (TPSA) is 37.4 Å². The molecule has 1 radical (unpaired) electrons. The van der Waals surface area contributed by atoms with Crippen LogP contribution in [-0.4, -0.2) is 11.8 Å². The smallest absolute Gasteiger partial charge is 0.266 e. The number of hydrogen-bond acceptors (Lipinski definition) is 2. The van der Waals surface area contributed by atoms with Crippen LogP contribution in [0.25, 0.3) is 0 Å². The molecule has 1 heterocycles. The molecule has 3 nitrogen and oxygen atoms in total. The second-order valence-electron chi connectivity index (χ2n) is 3.75. The summed E-state index contributed by atoms with van der Waals surface area (Å²) in [5, 5.41) is 0. The van der Waals surface area contributed by atoms with E-state index in [4.69, 9.17) is 0 Å². The predicted molar refractivity (Wildman–Crippen MR) is 62.9 cm³/mol. The number of anilines is 1. The number of amides is 2. The number of carbonyl (C=O) groups is 2. The molecule has 0 bridgehead atoms. The largest absolute Gasteiger partial charge is 0.268 e. The van der Waals surface area contributed by atoms with Gasteiger partial charge in [0.25, 0.3) is 11.8 Å². The molecule has 0 N–H and O–H groups in total. The van der Waals surface area contributed by atoms with Crippen molar-refractivity contribution in [2.24, 2.45) is 0 Å². The summed E-state index contributed by atoms with van der Waals surface area (Å²) < 4.78 is 0. The molecule has 0 saturated heterocycles. The summed E-state index contributed by atoms with van der Waals surface area (Å²) in [6.07, 6.45) is 0. The fourth-order valence-corrected chi connectivity index (χ4v) is 1.95. The van der Waals surface area contributed by atoms with Crippen LogP contribution in [0.5, 0.6) is 0 Å². The highest BCUT2D eigenvalue weighted by atomic mass is 16.2. The van der Waals surface area contributed by atoms with Crippen LogP contribution in [0, 0.1) is 6.07 Å². The fraction of sp³-hybridized carbons (Fsp3) is 0. The summed E-state index contributed by atoms with van der Waals surface area (Å²) in [5.74, 6) is -0.534. The Labute approximate surface area is 98.3 Å². The zero-order chi connectivity index (χ0) is 11.8. The first-order chi connectivity index (χ1) is 8.29. The average molecular weight is 222 g/mol. The van der Waals surface area contributed by atoms with Gasteiger partial charge in [0.15, 0.2) is 0 Å². The molecule has 0 fully saturated rings. The first kappa shape index (κ1) is 9.78. The van der Waals surface area contributed by atoms with Crippen LogP contribution in [-0.2, 0) is 0 Å². The van der Waals surface area contributed by atoms with Crippen molar-refractivity contribution >= 4 is 17.5 Å². The molecule has 0 spiro atoms. The molecule has 2 aromatic rings. The zero-order valence-electron chi connectivity index (χ0n) is 8.88. The van der Waals surface area contributed by atoms with Crippen molar-refractivity contribution in [1.29, 1.82) is 0 Å². The minimum Gasteiger partial charge on any atom is -0.268 e. The number of hydrogen-bond donors (Lipinski definition) is 0. The van der Waals surface area contributed by atoms with Crippen LogP contribution in [0.4, 0.5) is 5.69 Å². The van der Waals surface area contributed by atoms with Crippen LogP contribution < -0.4 is 4.90 Å². The van der Waals surface area contributed by atoms with Gasteiger partial charge in [0, 0.05) is 0 Å². The molecule has 0 aliphatic carbocycles. The summed E-state index contributed by atoms with van der Waals surface area (Å²) >= 11 is 0. The van der Waals surface area contributed by atoms with Crippen molar-refractivity contribution in [3.63, 3.8) is 0 Å². The number of rotatable bonds is 1. The van der Waals surface area contributed by atoms with Gasteiger partial charge in [0.2, 0.25) is 0 Å². The average Bonchev–Trinajstić information content (AvgIpc) is 2.64. The minimum absolute atomic E-state index is 0.267. The van der Waals surface area contributed by atoms with Crippen molar-refractivity contribution in [3.05, 3.63) is 65.7 Å². The van der Waals surface area contributed by atoms with Crippen LogP contribution in [0.15, 0.2) is 48.5 Å². The monoisotopic (exact) mass is 222 g/mol. The molecule has 2 amide bonds. The first-order valence-electron chi connectivity index (χ1n) is 5.23. The van der Waals surface area contributed by atoms with Gasteiger partial charge in [0.05, 0.1) is 16.8 Å². The second-order valence-corrected chi connectivity index (χ2v) is 3.75. The van der Waals surface area contributed by atoms with Crippen LogP contribution in [0.3, 0.4) is 0 Å². The highest BCUT2D eigenvalue weighted by Crippen LogP contribution is 2.27. The highest BCUT2D eigenvalue weighted by Gasteiger charge is 2.35. The molecule has 2 aromatic carbocycles. The Hall–Kier alpha value is -2.42. The van der Waals surface area contributed by atoms with Crippen molar-refractivity contribution in [2.45, 2.75) is 0 Å². The Morgan fingerprint density at radius 1 is 0.824 bits per heavy atom. The molecule has 1 aliphatic rings. The molecule has 0 atom stereocenters. The maximum atomic E-state index is 12.1. The Kier molecular flexibility index (Phi) is 2.05. The number of carbonyl (C=O) groups excluding carboxylic acids is 2. The molecular formula is C14H8NO2. The molecule has 0 saturated carbocycles. The van der Waals surface area contributed by atoms with Crippen LogP contribution >= 0.6 is 0 Å². The van der Waals surface area contributed by atoms with Crippen molar-refractivity contribution in [3.8, 4) is 0 Å². The third-order valence-corrected chi connectivity index (χ3v) is 2.75. The summed E-state index contributed by atoms with van der Waals surface area (Å²) in [7, 11) is 0. The number of fused-ring (bicyclic) bond motifs is 1. The summed E-state index contributed by atoms with van der Waals surface area (Å²) in [6.45, 7) is 0. The molecular weight excluding hydrogens is 214 g/mol. The summed E-state index contributed by atoms with van der Waals surface area (Å²) in [6, 6.07) is 16.5. The van der Waals surface area contributed by atoms with E-state index in [1.165, 1.54) is 4.90 Å². The van der Waals surface area contributed by atoms with Crippen molar-refractivity contribution < 1.29 is 9.59 Å². The number of benzene rings is 2. The van der Waals surface area contributed by atoms with Gasteiger partial charge in [-0.05, 0) is 30.3 Å². The predicted octanol–water partition coefficient (Wildman–Crippen LogP) is 2.29. The first-order valence-corrected chi connectivity index (χ1v) is 5.23. The SMILES string of the molecule is O=C1c2ccccc2C(=O)N1c1cc[c]cc1. The van der Waals surface area contributed by atoms with E-state index < -0.39 is 0 Å². The molecule has 3 heteroatoms. The van der Waals surface area contributed by atoms with E-state index in [0.717, 1.165) is 0 Å². The van der Waals surface area contributed by atoms with E-state index in [0.29, 0.717) is 16.8 Å². The van der Waals surface area contributed by atoms with E-state index in [9.17, 15) is 9.59 Å². The Balaban J connectivity index is 2.13. The normalized spacial score (nSPS) is 14.0. The Morgan fingerprint density at radius 2 is 1.35 bits per heavy atom. The van der Waals surface area contributed by atoms with Crippen LogP contribution in [0.1, 0.15) is 20.7 Å². The quantitative estimate of drug-likeness (QED) is 0.694. The Bertz CT molecular complexity index is 570. The van der Waals surface area contributed by atoms with Crippen molar-refractivity contribution in [1.82, 2.24) is 0 Å². The van der Waals surface area contributed by atoms with Gasteiger partial charge in [-0.25, -0.2) is 4.90 Å². The third-order valence-electron chi connectivity index (χ3n) is 2.75. The lowest BCUT2D eigenvalue weighted by Crippen LogP contribution is -2.29. The molecule has 81 valence electrons. The maximum absolute atomic E-state index is 12.1. The standard InChI is InChI=1S/C14H8NO2/c16-13-11-8-4-5-9-12(11)14(17)15(13)10-6-2-1-3-7-10/h2-9H. The molecule has 1 aliphatic heterocycles. The summed E-state index contributed by atoms with van der Waals surface area (Å²) in [4.78, 5) is 25.4. The molecule has 0 unspecified atom stereocenters. The summed E-state index contributed by atoms with van der Waals surface area (Å²) in [5.41, 5.74) is 1.51. The van der Waals surface area contributed by atoms with Gasteiger partial charge in [-0.15, -0.1) is 0 Å². The zero-order valence-corrected chi connectivity index (χ0v) is 8.88. The highest BCUT2D eigenvalue weighted by molar-refractivity contribution is 6.34. The second kappa shape index (κ2) is 3.56. The van der Waals surface area contributed by atoms with Crippen molar-refractivity contribution in [2.75, 3.05) is 4.90 Å². The maximum Gasteiger partial charge on any atom is 0.266 e. The van der Waals surface area contributed by atoms with Crippen LogP contribution in [0.2, 0.25) is 0 Å². The van der Waals surface area contributed by atoms with E-state index >= 15 is 0 Å². The molecule has 3 rings (SSSR count). The molecule has 17 heavy (non-hydrogen) atoms. The number of nitrogens with zero attached hydrogens (tertiary/aromatic N) is 1. The van der Waals surface area contributed by atoms with E-state index in [1.807, 2.05) is 0 Å². The van der Waals surface area contributed by atoms with Gasteiger partial charge in [0.1, 0.15) is 0 Å². The lowest BCUT2D eigenvalue weighted by atomic mass is 10.1. The van der Waals surface area contributed by atoms with E-state index in [-0.39, 0.29) is 11.8 Å². The van der Waals surface area contributed by atoms with Gasteiger partial charge in [-0.3, -0.25) is 9.59 Å². The van der Waals surface area contributed by atoms with Gasteiger partial charge in [-0.2, -0.15) is 0 Å². The van der Waals surface area contributed by atoms with Gasteiger partial charge in [-0.1, -0.05) is 24.3 Å². The Morgan fingerprint density at radius 3 is 1.88 bits per heavy atom. The van der Waals surface area contributed by atoms with Gasteiger partial charge < -0.3 is 0 Å². The van der Waals surface area contributed by atoms with E-state index in [1.54, 1.807) is 48.5 Å². The fourth-order valence-electron chi connectivity index (χ4n) is 1.95. The number of imide groups is 1. The lowest BCUT2D eigenvalue weighted by Gasteiger charge is -2.12. The van der Waals surface area contributed by atoms with E-state index in [2.05, 4.69) is 6.07 Å². The molecule has 0 aromatic heterocycles. The third kappa shape index (κ3) is 1.36. The lowest BCUT2D eigenvalue weighted by molar-refractivity contribution is 0.0926. The van der Waals surface area contributed by atoms with Gasteiger partial charge >= 0.3 is 0 Å².